The average Bonchev–Trinajstić information content (AvgIpc) is 4.15. The normalized spacial score (nSPS) is 11.9. The van der Waals surface area contributed by atoms with Crippen molar-refractivity contribution in [3.05, 3.63) is 178 Å². The molecule has 0 atom stereocenters. The summed E-state index contributed by atoms with van der Waals surface area (Å²) in [6.07, 6.45) is 3.12. The van der Waals surface area contributed by atoms with Crippen LogP contribution in [0.3, 0.4) is 0 Å². The molecule has 26 nitrogen and oxygen atoms in total. The van der Waals surface area contributed by atoms with Crippen molar-refractivity contribution in [3.63, 3.8) is 0 Å². The van der Waals surface area contributed by atoms with Crippen LogP contribution in [-0.4, -0.2) is 85.6 Å². The van der Waals surface area contributed by atoms with E-state index >= 15 is 0 Å². The van der Waals surface area contributed by atoms with Crippen LogP contribution < -0.4 is 21.3 Å². The molecular weight excluding hydrogens is 1150 g/mol. The van der Waals surface area contributed by atoms with Gasteiger partial charge in [0.2, 0.25) is 46.1 Å². The van der Waals surface area contributed by atoms with Crippen LogP contribution in [0.5, 0.6) is 11.8 Å². The zero-order valence-corrected chi connectivity index (χ0v) is 46.3. The standard InChI is InChI=1S/C53H42Cl2N18O8S2/c1-29-12-23-40(24-13-29)73-47(75)45(31(3)71-73)69-67-41-27-36(22-25-42(41)82(76,77)78)58-52-62-48(54)60-50(64-52)56-34-19-15-32(16-20-34)14-17-33-18-21-37(28-43(33)83(79,80)81)59-53-63-49(55)61-51(65-53)57-35-8-7-9-38(26-35)66-68-44-30(2)70-72(46(44)74)39-10-5-4-6-11-39/h4-28,74-75H,1-3H3,(H,76,77,78)(H,79,80,81)(H2,56,58,60,62,64)(H2,57,59,61,63,65). The van der Waals surface area contributed by atoms with Gasteiger partial charge in [0.15, 0.2) is 11.4 Å². The molecule has 0 radical (unpaired) electrons. The largest absolute Gasteiger partial charge is 0.492 e. The number of halogens is 2. The molecule has 418 valence electrons. The van der Waals surface area contributed by atoms with Crippen LogP contribution in [0.4, 0.5) is 69.3 Å². The summed E-state index contributed by atoms with van der Waals surface area (Å²) in [6.45, 7) is 5.20. The van der Waals surface area contributed by atoms with E-state index in [2.05, 4.69) is 81.8 Å². The van der Waals surface area contributed by atoms with Gasteiger partial charge >= 0.3 is 0 Å². The summed E-state index contributed by atoms with van der Waals surface area (Å²) in [7, 11) is -9.57. The fourth-order valence-corrected chi connectivity index (χ4v) is 9.52. The highest BCUT2D eigenvalue weighted by molar-refractivity contribution is 7.86. The number of nitrogens with one attached hydrogen (secondary N) is 4. The predicted octanol–water partition coefficient (Wildman–Crippen LogP) is 12.5. The minimum absolute atomic E-state index is 0.00721. The van der Waals surface area contributed by atoms with E-state index in [9.17, 15) is 36.2 Å². The van der Waals surface area contributed by atoms with Crippen molar-refractivity contribution in [1.29, 1.82) is 0 Å². The summed E-state index contributed by atoms with van der Waals surface area (Å²) in [6, 6.07) is 37.7. The van der Waals surface area contributed by atoms with Gasteiger partial charge in [0.1, 0.15) is 15.5 Å². The smallest absolute Gasteiger partial charge is 0.296 e. The molecule has 0 aliphatic heterocycles. The Morgan fingerprint density at radius 3 is 1.54 bits per heavy atom. The Hall–Kier alpha value is -10.1. The molecule has 0 amide bonds. The Balaban J connectivity index is 0.793. The van der Waals surface area contributed by atoms with E-state index in [-0.39, 0.29) is 85.8 Å². The number of anilines is 8. The van der Waals surface area contributed by atoms with Crippen LogP contribution in [0.1, 0.15) is 28.1 Å². The topological polar surface area (TPSA) is 360 Å². The number of hydrogen-bond acceptors (Lipinski definition) is 22. The molecule has 0 aliphatic carbocycles. The molecule has 0 aliphatic rings. The Labute approximate surface area is 481 Å². The Morgan fingerprint density at radius 2 is 0.976 bits per heavy atom. The van der Waals surface area contributed by atoms with Crippen LogP contribution in [0.2, 0.25) is 10.6 Å². The number of aryl methyl sites for hydroxylation is 3. The number of para-hydroxylation sites is 1. The first-order valence-electron chi connectivity index (χ1n) is 24.2. The van der Waals surface area contributed by atoms with Crippen molar-refractivity contribution >= 4 is 125 Å². The first kappa shape index (κ1) is 56.2. The number of aromatic nitrogens is 10. The van der Waals surface area contributed by atoms with Crippen molar-refractivity contribution in [3.8, 4) is 23.1 Å². The second-order valence-electron chi connectivity index (χ2n) is 17.8. The van der Waals surface area contributed by atoms with Gasteiger partial charge in [-0.05, 0) is 140 Å². The molecule has 30 heteroatoms. The molecule has 0 bridgehead atoms. The maximum Gasteiger partial charge on any atom is 0.296 e. The van der Waals surface area contributed by atoms with Crippen molar-refractivity contribution in [1.82, 2.24) is 49.5 Å². The summed E-state index contributed by atoms with van der Waals surface area (Å²) < 4.78 is 73.1. The molecule has 0 unspecified atom stereocenters. The molecule has 10 aromatic rings. The van der Waals surface area contributed by atoms with E-state index in [1.54, 1.807) is 98.8 Å². The zero-order valence-electron chi connectivity index (χ0n) is 43.2. The predicted molar refractivity (Wildman–Crippen MR) is 310 cm³/mol. The highest BCUT2D eigenvalue weighted by Gasteiger charge is 2.21. The third-order valence-electron chi connectivity index (χ3n) is 11.8. The minimum atomic E-state index is -4.80. The van der Waals surface area contributed by atoms with Crippen LogP contribution in [0, 0.1) is 20.8 Å². The molecule has 0 fully saturated rings. The highest BCUT2D eigenvalue weighted by Crippen LogP contribution is 2.38. The summed E-state index contributed by atoms with van der Waals surface area (Å²) in [4.78, 5) is 24.3. The number of rotatable bonds is 18. The molecule has 0 saturated heterocycles. The van der Waals surface area contributed by atoms with Gasteiger partial charge in [-0.3, -0.25) is 9.11 Å². The first-order valence-corrected chi connectivity index (χ1v) is 27.9. The molecule has 83 heavy (non-hydrogen) atoms. The molecule has 4 aromatic heterocycles. The van der Waals surface area contributed by atoms with E-state index in [0.717, 1.165) is 11.6 Å². The second kappa shape index (κ2) is 23.5. The minimum Gasteiger partial charge on any atom is -0.492 e. The lowest BCUT2D eigenvalue weighted by Crippen LogP contribution is -2.06. The van der Waals surface area contributed by atoms with E-state index in [1.165, 1.54) is 39.7 Å². The lowest BCUT2D eigenvalue weighted by Gasteiger charge is -2.11. The van der Waals surface area contributed by atoms with Crippen molar-refractivity contribution in [2.75, 3.05) is 21.3 Å². The molecule has 8 N–H and O–H groups in total. The van der Waals surface area contributed by atoms with Gasteiger partial charge in [-0.25, -0.2) is 0 Å². The Bertz CT molecular complexity index is 4440. The fourth-order valence-electron chi connectivity index (χ4n) is 7.89. The van der Waals surface area contributed by atoms with Crippen molar-refractivity contribution < 1.29 is 36.2 Å². The SMILES string of the molecule is Cc1ccc(-n2nc(C)c(N=Nc3cc(Nc4nc(Cl)nc(Nc5ccc(C=Cc6ccc(Nc7nc(Cl)nc(Nc8cccc(N=Nc9c(C)nn(-c%10ccccc%10)c9O)c8)n7)cc6S(=O)(=O)O)cc5)n4)ccc3S(=O)(=O)O)c2O)cc1. The van der Waals surface area contributed by atoms with Gasteiger partial charge in [-0.1, -0.05) is 72.3 Å². The molecule has 10 rings (SSSR count). The van der Waals surface area contributed by atoms with Crippen molar-refractivity contribution in [2.45, 2.75) is 30.6 Å². The second-order valence-corrected chi connectivity index (χ2v) is 21.3. The fraction of sp³-hybridized carbons (Fsp3) is 0.0566. The molecule has 0 saturated carbocycles. The quantitative estimate of drug-likeness (QED) is 0.0225. The highest BCUT2D eigenvalue weighted by atomic mass is 35.5. The maximum absolute atomic E-state index is 12.7. The Morgan fingerprint density at radius 1 is 0.482 bits per heavy atom. The van der Waals surface area contributed by atoms with E-state index in [0.29, 0.717) is 39.7 Å². The Kier molecular flexibility index (Phi) is 15.9. The number of nitrogens with zero attached hydrogens (tertiary/aromatic N) is 14. The summed E-state index contributed by atoms with van der Waals surface area (Å²) in [5.41, 5.74) is 5.37. The molecule has 4 heterocycles. The lowest BCUT2D eigenvalue weighted by atomic mass is 10.1. The third kappa shape index (κ3) is 13.6. The van der Waals surface area contributed by atoms with E-state index in [4.69, 9.17) is 23.2 Å². The van der Waals surface area contributed by atoms with Crippen LogP contribution in [0.25, 0.3) is 23.5 Å². The van der Waals surface area contributed by atoms with Gasteiger partial charge in [-0.2, -0.15) is 71.4 Å². The number of benzene rings is 6. The first-order chi connectivity index (χ1) is 39.7. The summed E-state index contributed by atoms with van der Waals surface area (Å²) >= 11 is 12.6. The lowest BCUT2D eigenvalue weighted by molar-refractivity contribution is 0.434. The van der Waals surface area contributed by atoms with Gasteiger partial charge < -0.3 is 31.5 Å². The summed E-state index contributed by atoms with van der Waals surface area (Å²) in [5, 5.41) is 58.7. The average molecular weight is 1190 g/mol. The van der Waals surface area contributed by atoms with Gasteiger partial charge in [-0.15, -0.1) is 15.3 Å². The van der Waals surface area contributed by atoms with E-state index in [1.807, 2.05) is 37.3 Å². The van der Waals surface area contributed by atoms with Crippen LogP contribution >= 0.6 is 23.2 Å². The maximum atomic E-state index is 12.7. The number of hydrogen-bond donors (Lipinski definition) is 8. The zero-order chi connectivity index (χ0) is 58.6. The van der Waals surface area contributed by atoms with Crippen LogP contribution in [0.15, 0.2) is 170 Å². The van der Waals surface area contributed by atoms with E-state index < -0.39 is 30.0 Å². The van der Waals surface area contributed by atoms with Crippen LogP contribution in [-0.2, 0) is 20.2 Å². The monoisotopic (exact) mass is 1190 g/mol. The molecule has 0 spiro atoms. The number of azo groups is 2. The number of aromatic hydroxyl groups is 2. The third-order valence-corrected chi connectivity index (χ3v) is 13.9. The molecule has 6 aromatic carbocycles. The van der Waals surface area contributed by atoms with Gasteiger partial charge in [0, 0.05) is 22.7 Å². The van der Waals surface area contributed by atoms with Gasteiger partial charge in [0.25, 0.3) is 20.2 Å². The van der Waals surface area contributed by atoms with Crippen molar-refractivity contribution in [2.24, 2.45) is 20.5 Å². The van der Waals surface area contributed by atoms with Gasteiger partial charge in [0.05, 0.1) is 28.5 Å². The summed E-state index contributed by atoms with van der Waals surface area (Å²) in [5.74, 6) is -0.629. The molecular formula is C53H42Cl2N18O8S2.